The second-order valence-corrected chi connectivity index (χ2v) is 3.79. The third kappa shape index (κ3) is 12.5. The molecule has 0 atom stereocenters. The fourth-order valence-corrected chi connectivity index (χ4v) is 1.02. The van der Waals surface area contributed by atoms with Crippen LogP contribution < -0.4 is 0 Å². The second-order valence-electron chi connectivity index (χ2n) is 3.79. The van der Waals surface area contributed by atoms with Crippen LogP contribution in [0.4, 0.5) is 4.79 Å². The zero-order chi connectivity index (χ0) is 13.8. The van der Waals surface area contributed by atoms with E-state index in [1.54, 1.807) is 0 Å². The summed E-state index contributed by atoms with van der Waals surface area (Å²) in [6.45, 7) is 3.11. The molecule has 0 aromatic carbocycles. The van der Waals surface area contributed by atoms with E-state index in [1.165, 1.54) is 12.8 Å². The van der Waals surface area contributed by atoms with Gasteiger partial charge < -0.3 is 19.6 Å². The molecule has 0 rings (SSSR count). The van der Waals surface area contributed by atoms with E-state index in [0.29, 0.717) is 0 Å². The van der Waals surface area contributed by atoms with E-state index in [9.17, 15) is 0 Å². The van der Waals surface area contributed by atoms with Gasteiger partial charge in [-0.3, -0.25) is 4.99 Å². The third-order valence-electron chi connectivity index (χ3n) is 1.74. The molecule has 0 aromatic heterocycles. The van der Waals surface area contributed by atoms with Gasteiger partial charge in [0.05, 0.1) is 7.11 Å². The standard InChI is InChI=1S/C9H21N3.C2H4O3/c1-6-7-8-10-9(11(2)3)12(4)5;1-5-2(3)4/h6-8H2,1-5H3;1H3,(H,3,4). The zero-order valence-corrected chi connectivity index (χ0v) is 11.7. The van der Waals surface area contributed by atoms with Crippen molar-refractivity contribution < 1.29 is 14.6 Å². The molecule has 102 valence electrons. The predicted octanol–water partition coefficient (Wildman–Crippen LogP) is 1.58. The maximum atomic E-state index is 9.15. The van der Waals surface area contributed by atoms with Gasteiger partial charge in [0.15, 0.2) is 5.96 Å². The molecule has 6 heteroatoms. The number of ether oxygens (including phenoxy) is 1. The average Bonchev–Trinajstić information content (AvgIpc) is 2.24. The van der Waals surface area contributed by atoms with Gasteiger partial charge in [-0.25, -0.2) is 4.79 Å². The number of methoxy groups -OCH3 is 1. The minimum atomic E-state index is -1.25. The van der Waals surface area contributed by atoms with Crippen molar-refractivity contribution in [3.05, 3.63) is 0 Å². The molecule has 0 bridgehead atoms. The molecule has 0 amide bonds. The lowest BCUT2D eigenvalue weighted by Gasteiger charge is -2.22. The predicted molar refractivity (Wildman–Crippen MR) is 69.6 cm³/mol. The van der Waals surface area contributed by atoms with Crippen LogP contribution in [0, 0.1) is 0 Å². The van der Waals surface area contributed by atoms with Crippen molar-refractivity contribution in [1.29, 1.82) is 0 Å². The Labute approximate surface area is 104 Å². The third-order valence-corrected chi connectivity index (χ3v) is 1.74. The summed E-state index contributed by atoms with van der Waals surface area (Å²) in [5.41, 5.74) is 0. The maximum absolute atomic E-state index is 9.15. The molecule has 0 spiro atoms. The van der Waals surface area contributed by atoms with Gasteiger partial charge in [-0.2, -0.15) is 0 Å². The number of aliphatic imine (C=N–C) groups is 1. The summed E-state index contributed by atoms with van der Waals surface area (Å²) in [6, 6.07) is 0. The summed E-state index contributed by atoms with van der Waals surface area (Å²) in [5.74, 6) is 1.04. The summed E-state index contributed by atoms with van der Waals surface area (Å²) in [7, 11) is 9.17. The quantitative estimate of drug-likeness (QED) is 0.355. The van der Waals surface area contributed by atoms with Gasteiger partial charge >= 0.3 is 6.16 Å². The molecule has 0 aliphatic carbocycles. The highest BCUT2D eigenvalue weighted by molar-refractivity contribution is 5.79. The summed E-state index contributed by atoms with van der Waals surface area (Å²) < 4.78 is 3.67. The number of guanidine groups is 1. The van der Waals surface area contributed by atoms with E-state index in [4.69, 9.17) is 9.90 Å². The Morgan fingerprint density at radius 1 is 1.24 bits per heavy atom. The van der Waals surface area contributed by atoms with Crippen LogP contribution in [0.1, 0.15) is 19.8 Å². The van der Waals surface area contributed by atoms with Crippen LogP contribution in [-0.4, -0.2) is 68.9 Å². The first kappa shape index (κ1) is 17.9. The fourth-order valence-electron chi connectivity index (χ4n) is 1.02. The van der Waals surface area contributed by atoms with Crippen molar-refractivity contribution in [2.45, 2.75) is 19.8 Å². The van der Waals surface area contributed by atoms with Crippen molar-refractivity contribution in [2.24, 2.45) is 4.99 Å². The van der Waals surface area contributed by atoms with E-state index < -0.39 is 6.16 Å². The molecule has 0 radical (unpaired) electrons. The molecule has 0 heterocycles. The Balaban J connectivity index is 0. The van der Waals surface area contributed by atoms with Gasteiger partial charge in [-0.05, 0) is 6.42 Å². The van der Waals surface area contributed by atoms with Crippen molar-refractivity contribution in [2.75, 3.05) is 41.8 Å². The van der Waals surface area contributed by atoms with E-state index in [2.05, 4.69) is 16.7 Å². The number of carbonyl (C=O) groups is 1. The maximum Gasteiger partial charge on any atom is 0.505 e. The van der Waals surface area contributed by atoms with E-state index in [1.807, 2.05) is 38.0 Å². The Morgan fingerprint density at radius 2 is 1.65 bits per heavy atom. The molecule has 0 aromatic rings. The van der Waals surface area contributed by atoms with Crippen molar-refractivity contribution in [1.82, 2.24) is 9.80 Å². The van der Waals surface area contributed by atoms with Crippen LogP contribution in [0.15, 0.2) is 4.99 Å². The van der Waals surface area contributed by atoms with Crippen LogP contribution >= 0.6 is 0 Å². The SMILES string of the molecule is CCCCN=C(N(C)C)N(C)C.COC(=O)O. The monoisotopic (exact) mass is 247 g/mol. The number of unbranched alkanes of at least 4 members (excludes halogenated alkanes) is 1. The topological polar surface area (TPSA) is 65.4 Å². The van der Waals surface area contributed by atoms with Crippen molar-refractivity contribution in [3.63, 3.8) is 0 Å². The van der Waals surface area contributed by atoms with Gasteiger partial charge in [0.2, 0.25) is 0 Å². The van der Waals surface area contributed by atoms with Crippen molar-refractivity contribution in [3.8, 4) is 0 Å². The molecular formula is C11H25N3O3. The van der Waals surface area contributed by atoms with Crippen LogP contribution in [0.3, 0.4) is 0 Å². The smallest absolute Gasteiger partial charge is 0.450 e. The summed E-state index contributed by atoms with van der Waals surface area (Å²) >= 11 is 0. The van der Waals surface area contributed by atoms with E-state index in [0.717, 1.165) is 19.6 Å². The van der Waals surface area contributed by atoms with Gasteiger partial charge in [0.25, 0.3) is 0 Å². The molecule has 0 unspecified atom stereocenters. The van der Waals surface area contributed by atoms with Crippen LogP contribution in [0.2, 0.25) is 0 Å². The normalized spacial score (nSPS) is 8.59. The first-order valence-corrected chi connectivity index (χ1v) is 5.52. The largest absolute Gasteiger partial charge is 0.505 e. The lowest BCUT2D eigenvalue weighted by atomic mass is 10.3. The van der Waals surface area contributed by atoms with E-state index in [-0.39, 0.29) is 0 Å². The fraction of sp³-hybridized carbons (Fsp3) is 0.818. The van der Waals surface area contributed by atoms with Crippen molar-refractivity contribution >= 4 is 12.1 Å². The molecular weight excluding hydrogens is 222 g/mol. The Hall–Kier alpha value is -1.46. The minimum Gasteiger partial charge on any atom is -0.450 e. The summed E-state index contributed by atoms with van der Waals surface area (Å²) in [5, 5.41) is 7.50. The molecule has 0 aliphatic rings. The second kappa shape index (κ2) is 11.0. The highest BCUT2D eigenvalue weighted by Gasteiger charge is 2.02. The summed E-state index contributed by atoms with van der Waals surface area (Å²) in [4.78, 5) is 17.7. The Morgan fingerprint density at radius 3 is 1.88 bits per heavy atom. The zero-order valence-electron chi connectivity index (χ0n) is 11.7. The van der Waals surface area contributed by atoms with Gasteiger partial charge in [0, 0.05) is 34.7 Å². The molecule has 0 fully saturated rings. The number of rotatable bonds is 3. The Kier molecular flexibility index (Phi) is 11.6. The van der Waals surface area contributed by atoms with Crippen LogP contribution in [-0.2, 0) is 4.74 Å². The Bertz CT molecular complexity index is 218. The number of hydrogen-bond donors (Lipinski definition) is 1. The summed E-state index contributed by atoms with van der Waals surface area (Å²) in [6.07, 6.45) is 1.13. The van der Waals surface area contributed by atoms with Gasteiger partial charge in [-0.1, -0.05) is 13.3 Å². The molecule has 6 nitrogen and oxygen atoms in total. The highest BCUT2D eigenvalue weighted by Crippen LogP contribution is 1.92. The van der Waals surface area contributed by atoms with Gasteiger partial charge in [-0.15, -0.1) is 0 Å². The number of nitrogens with zero attached hydrogens (tertiary/aromatic N) is 3. The van der Waals surface area contributed by atoms with Crippen LogP contribution in [0.25, 0.3) is 0 Å². The first-order valence-electron chi connectivity index (χ1n) is 5.52. The molecule has 0 saturated heterocycles. The lowest BCUT2D eigenvalue weighted by Crippen LogP contribution is -2.35. The molecule has 17 heavy (non-hydrogen) atoms. The molecule has 0 aliphatic heterocycles. The molecule has 1 N–H and O–H groups in total. The number of carboxylic acid groups (broad SMARTS) is 1. The molecule has 0 saturated carbocycles. The van der Waals surface area contributed by atoms with Crippen LogP contribution in [0.5, 0.6) is 0 Å². The highest BCUT2D eigenvalue weighted by atomic mass is 16.6. The first-order chi connectivity index (χ1) is 7.86. The average molecular weight is 247 g/mol. The minimum absolute atomic E-state index is 0.933. The van der Waals surface area contributed by atoms with E-state index >= 15 is 0 Å². The van der Waals surface area contributed by atoms with Gasteiger partial charge in [0.1, 0.15) is 0 Å². The lowest BCUT2D eigenvalue weighted by molar-refractivity contribution is 0.114. The number of hydrogen-bond acceptors (Lipinski definition) is 3.